The average Bonchev–Trinajstić information content (AvgIpc) is 2.91. The Kier molecular flexibility index (Phi) is 4.52. The molecule has 0 radical (unpaired) electrons. The van der Waals surface area contributed by atoms with Gasteiger partial charge in [0.15, 0.2) is 11.5 Å². The molecule has 27 heavy (non-hydrogen) atoms. The SMILES string of the molecule is COC(=O)c1cnc(-n2c(=O)n(C(=O)OC(C)(C)C)c3ccccc32)cn1. The predicted molar refractivity (Wildman–Crippen MR) is 96.1 cm³/mol. The normalized spacial score (nSPS) is 11.4. The zero-order chi connectivity index (χ0) is 19.8. The Morgan fingerprint density at radius 3 is 2.26 bits per heavy atom. The largest absolute Gasteiger partial charge is 0.464 e. The Labute approximate surface area is 154 Å². The van der Waals surface area contributed by atoms with E-state index in [4.69, 9.17) is 4.74 Å². The summed E-state index contributed by atoms with van der Waals surface area (Å²) in [5.74, 6) is -0.483. The molecule has 0 spiro atoms. The van der Waals surface area contributed by atoms with E-state index in [1.54, 1.807) is 45.0 Å². The number of nitrogens with zero attached hydrogens (tertiary/aromatic N) is 4. The Morgan fingerprint density at radius 2 is 1.70 bits per heavy atom. The van der Waals surface area contributed by atoms with Gasteiger partial charge in [0.25, 0.3) is 0 Å². The fourth-order valence-electron chi connectivity index (χ4n) is 2.50. The number of benzene rings is 1. The van der Waals surface area contributed by atoms with Crippen LogP contribution in [0.4, 0.5) is 4.79 Å². The van der Waals surface area contributed by atoms with Gasteiger partial charge in [-0.3, -0.25) is 0 Å². The standard InChI is InChI=1S/C18H18N4O5/c1-18(2,3)27-17(25)22-13-8-6-5-7-12(13)21(16(22)24)14-10-19-11(9-20-14)15(23)26-4/h5-10H,1-4H3. The molecule has 0 N–H and O–H groups in total. The van der Waals surface area contributed by atoms with Crippen LogP contribution in [0.15, 0.2) is 41.5 Å². The number of carbonyl (C=O) groups is 2. The van der Waals surface area contributed by atoms with Gasteiger partial charge in [0.05, 0.1) is 30.5 Å². The molecule has 0 aliphatic rings. The van der Waals surface area contributed by atoms with Crippen LogP contribution in [-0.4, -0.2) is 43.9 Å². The maximum atomic E-state index is 13.0. The molecule has 0 amide bonds. The van der Waals surface area contributed by atoms with Crippen molar-refractivity contribution in [3.8, 4) is 5.82 Å². The first-order valence-corrected chi connectivity index (χ1v) is 8.09. The fourth-order valence-corrected chi connectivity index (χ4v) is 2.50. The third-order valence-corrected chi connectivity index (χ3v) is 3.58. The molecule has 0 unspecified atom stereocenters. The second-order valence-corrected chi connectivity index (χ2v) is 6.67. The number of fused-ring (bicyclic) bond motifs is 1. The molecule has 0 aliphatic heterocycles. The third kappa shape index (κ3) is 3.43. The summed E-state index contributed by atoms with van der Waals surface area (Å²) in [6.45, 7) is 5.14. The minimum absolute atomic E-state index is 0.00480. The van der Waals surface area contributed by atoms with E-state index in [0.717, 1.165) is 4.57 Å². The summed E-state index contributed by atoms with van der Waals surface area (Å²) in [5.41, 5.74) is -0.582. The second kappa shape index (κ2) is 6.67. The number of para-hydroxylation sites is 2. The van der Waals surface area contributed by atoms with Crippen LogP contribution in [0.1, 0.15) is 31.3 Å². The van der Waals surface area contributed by atoms with Crippen LogP contribution in [0.2, 0.25) is 0 Å². The van der Waals surface area contributed by atoms with Crippen molar-refractivity contribution < 1.29 is 19.1 Å². The van der Waals surface area contributed by atoms with Gasteiger partial charge in [-0.2, -0.15) is 4.57 Å². The highest BCUT2D eigenvalue weighted by Crippen LogP contribution is 2.18. The number of rotatable bonds is 2. The zero-order valence-corrected chi connectivity index (χ0v) is 15.3. The van der Waals surface area contributed by atoms with Gasteiger partial charge in [-0.1, -0.05) is 12.1 Å². The van der Waals surface area contributed by atoms with Gasteiger partial charge >= 0.3 is 17.8 Å². The van der Waals surface area contributed by atoms with Gasteiger partial charge in [0.1, 0.15) is 5.60 Å². The molecule has 1 aromatic carbocycles. The second-order valence-electron chi connectivity index (χ2n) is 6.67. The summed E-state index contributed by atoms with van der Waals surface area (Å²) in [6.07, 6.45) is 1.67. The Morgan fingerprint density at radius 1 is 1.04 bits per heavy atom. The van der Waals surface area contributed by atoms with E-state index in [-0.39, 0.29) is 11.5 Å². The van der Waals surface area contributed by atoms with Crippen molar-refractivity contribution >= 4 is 23.1 Å². The van der Waals surface area contributed by atoms with Gasteiger partial charge in [-0.25, -0.2) is 28.9 Å². The van der Waals surface area contributed by atoms with Crippen LogP contribution in [0, 0.1) is 0 Å². The van der Waals surface area contributed by atoms with E-state index >= 15 is 0 Å². The summed E-state index contributed by atoms with van der Waals surface area (Å²) in [6, 6.07) is 6.74. The molecule has 0 saturated heterocycles. The molecule has 140 valence electrons. The number of esters is 1. The first-order valence-electron chi connectivity index (χ1n) is 8.09. The minimum atomic E-state index is -0.790. The Balaban J connectivity index is 2.17. The lowest BCUT2D eigenvalue weighted by Gasteiger charge is -2.19. The van der Waals surface area contributed by atoms with Crippen molar-refractivity contribution in [1.29, 1.82) is 0 Å². The molecular weight excluding hydrogens is 352 g/mol. The zero-order valence-electron chi connectivity index (χ0n) is 15.3. The number of ether oxygens (including phenoxy) is 2. The van der Waals surface area contributed by atoms with Crippen molar-refractivity contribution in [2.45, 2.75) is 26.4 Å². The first-order chi connectivity index (χ1) is 12.7. The van der Waals surface area contributed by atoms with Crippen LogP contribution in [0.3, 0.4) is 0 Å². The van der Waals surface area contributed by atoms with E-state index in [2.05, 4.69) is 14.7 Å². The summed E-state index contributed by atoms with van der Waals surface area (Å²) in [4.78, 5) is 45.1. The van der Waals surface area contributed by atoms with Crippen LogP contribution in [-0.2, 0) is 9.47 Å². The molecular formula is C18H18N4O5. The number of imidazole rings is 1. The molecule has 2 aromatic heterocycles. The van der Waals surface area contributed by atoms with Gasteiger partial charge < -0.3 is 9.47 Å². The molecule has 0 fully saturated rings. The van der Waals surface area contributed by atoms with Gasteiger partial charge in [-0.05, 0) is 32.9 Å². The Hall–Kier alpha value is -3.49. The first kappa shape index (κ1) is 18.3. The van der Waals surface area contributed by atoms with E-state index in [1.165, 1.54) is 24.1 Å². The summed E-state index contributed by atoms with van der Waals surface area (Å²) < 4.78 is 12.1. The van der Waals surface area contributed by atoms with Crippen LogP contribution in [0.5, 0.6) is 0 Å². The van der Waals surface area contributed by atoms with Crippen LogP contribution >= 0.6 is 0 Å². The topological polar surface area (TPSA) is 105 Å². The number of aromatic nitrogens is 4. The fraction of sp³-hybridized carbons (Fsp3) is 0.278. The van der Waals surface area contributed by atoms with Crippen molar-refractivity contribution in [1.82, 2.24) is 19.1 Å². The highest BCUT2D eigenvalue weighted by molar-refractivity contribution is 5.88. The smallest absolute Gasteiger partial charge is 0.423 e. The lowest BCUT2D eigenvalue weighted by Crippen LogP contribution is -2.34. The quantitative estimate of drug-likeness (QED) is 0.636. The predicted octanol–water partition coefficient (Wildman–Crippen LogP) is 2.15. The number of methoxy groups -OCH3 is 1. The van der Waals surface area contributed by atoms with Crippen molar-refractivity contribution in [2.24, 2.45) is 0 Å². The van der Waals surface area contributed by atoms with Crippen molar-refractivity contribution in [3.05, 3.63) is 52.8 Å². The minimum Gasteiger partial charge on any atom is -0.464 e. The van der Waals surface area contributed by atoms with E-state index < -0.39 is 23.4 Å². The van der Waals surface area contributed by atoms with Gasteiger partial charge in [-0.15, -0.1) is 0 Å². The highest BCUT2D eigenvalue weighted by atomic mass is 16.6. The van der Waals surface area contributed by atoms with Crippen LogP contribution < -0.4 is 5.69 Å². The highest BCUT2D eigenvalue weighted by Gasteiger charge is 2.25. The lowest BCUT2D eigenvalue weighted by atomic mass is 10.2. The van der Waals surface area contributed by atoms with Crippen LogP contribution in [0.25, 0.3) is 16.9 Å². The maximum absolute atomic E-state index is 13.0. The van der Waals surface area contributed by atoms with Crippen molar-refractivity contribution in [2.75, 3.05) is 7.11 Å². The number of hydrogen-bond donors (Lipinski definition) is 0. The monoisotopic (exact) mass is 370 g/mol. The molecule has 0 atom stereocenters. The van der Waals surface area contributed by atoms with E-state index in [1.807, 2.05) is 0 Å². The Bertz CT molecular complexity index is 1070. The molecule has 3 rings (SSSR count). The third-order valence-electron chi connectivity index (χ3n) is 3.58. The van der Waals surface area contributed by atoms with Gasteiger partial charge in [0.2, 0.25) is 0 Å². The molecule has 0 aliphatic carbocycles. The van der Waals surface area contributed by atoms with E-state index in [0.29, 0.717) is 11.0 Å². The molecule has 2 heterocycles. The van der Waals surface area contributed by atoms with E-state index in [9.17, 15) is 14.4 Å². The summed E-state index contributed by atoms with van der Waals surface area (Å²) in [7, 11) is 1.23. The number of carbonyl (C=O) groups excluding carboxylic acids is 2. The van der Waals surface area contributed by atoms with Gasteiger partial charge in [0, 0.05) is 0 Å². The molecule has 9 heteroatoms. The number of hydrogen-bond acceptors (Lipinski definition) is 7. The molecule has 3 aromatic rings. The molecule has 9 nitrogen and oxygen atoms in total. The van der Waals surface area contributed by atoms with Crippen molar-refractivity contribution in [3.63, 3.8) is 0 Å². The average molecular weight is 370 g/mol. The molecule has 0 saturated carbocycles. The lowest BCUT2D eigenvalue weighted by molar-refractivity contribution is 0.0536. The summed E-state index contributed by atoms with van der Waals surface area (Å²) >= 11 is 0. The summed E-state index contributed by atoms with van der Waals surface area (Å²) in [5, 5.41) is 0. The molecule has 0 bridgehead atoms. The maximum Gasteiger partial charge on any atom is 0.423 e.